The Morgan fingerprint density at radius 1 is 1.50 bits per heavy atom. The van der Waals surface area contributed by atoms with Gasteiger partial charge in [0.2, 0.25) is 5.91 Å². The number of benzene rings is 1. The number of hydrogen-bond donors (Lipinski definition) is 3. The van der Waals surface area contributed by atoms with Gasteiger partial charge >= 0.3 is 0 Å². The molecule has 1 aromatic carbocycles. The highest BCUT2D eigenvalue weighted by Crippen LogP contribution is 2.28. The van der Waals surface area contributed by atoms with Gasteiger partial charge in [0.25, 0.3) is 0 Å². The maximum atomic E-state index is 12.0. The summed E-state index contributed by atoms with van der Waals surface area (Å²) >= 11 is 6.08. The molecule has 0 fully saturated rings. The molecule has 0 spiro atoms. The largest absolute Gasteiger partial charge is 0.409 e. The van der Waals surface area contributed by atoms with Crippen LogP contribution < -0.4 is 11.1 Å². The van der Waals surface area contributed by atoms with Gasteiger partial charge in [0.05, 0.1) is 22.1 Å². The fraction of sp³-hybridized carbons (Fsp3) is 0.154. The Balaban J connectivity index is 2.36. The van der Waals surface area contributed by atoms with Crippen LogP contribution in [-0.4, -0.2) is 21.9 Å². The van der Waals surface area contributed by atoms with Crippen molar-refractivity contribution >= 4 is 39.9 Å². The monoisotopic (exact) mass is 292 g/mol. The fourth-order valence-corrected chi connectivity index (χ4v) is 1.92. The van der Waals surface area contributed by atoms with E-state index in [1.807, 2.05) is 6.07 Å². The van der Waals surface area contributed by atoms with Gasteiger partial charge in [-0.05, 0) is 31.2 Å². The van der Waals surface area contributed by atoms with Crippen LogP contribution in [-0.2, 0) is 4.79 Å². The topological polar surface area (TPSA) is 101 Å². The van der Waals surface area contributed by atoms with E-state index < -0.39 is 11.8 Å². The Hall–Kier alpha value is -2.34. The molecule has 0 saturated heterocycles. The number of nitrogens with one attached hydrogen (secondary N) is 1. The summed E-state index contributed by atoms with van der Waals surface area (Å²) in [5.41, 5.74) is 6.51. The zero-order chi connectivity index (χ0) is 14.7. The number of nitrogens with two attached hydrogens (primary N) is 1. The first-order chi connectivity index (χ1) is 9.54. The van der Waals surface area contributed by atoms with Gasteiger partial charge < -0.3 is 16.3 Å². The van der Waals surface area contributed by atoms with E-state index in [1.165, 1.54) is 6.92 Å². The molecule has 0 aliphatic rings. The second-order valence-electron chi connectivity index (χ2n) is 4.23. The first kappa shape index (κ1) is 14.1. The number of fused-ring (bicyclic) bond motifs is 1. The number of oxime groups is 1. The average Bonchev–Trinajstić information content (AvgIpc) is 2.48. The van der Waals surface area contributed by atoms with E-state index in [0.717, 1.165) is 5.39 Å². The van der Waals surface area contributed by atoms with Crippen LogP contribution in [0.5, 0.6) is 0 Å². The van der Waals surface area contributed by atoms with Gasteiger partial charge in [-0.2, -0.15) is 0 Å². The summed E-state index contributed by atoms with van der Waals surface area (Å²) in [6, 6.07) is 6.91. The minimum Gasteiger partial charge on any atom is -0.409 e. The van der Waals surface area contributed by atoms with E-state index >= 15 is 0 Å². The highest BCUT2D eigenvalue weighted by atomic mass is 35.5. The first-order valence-corrected chi connectivity index (χ1v) is 6.24. The lowest BCUT2D eigenvalue weighted by molar-refractivity contribution is -0.117. The minimum absolute atomic E-state index is 0.159. The van der Waals surface area contributed by atoms with Gasteiger partial charge in [0.15, 0.2) is 5.84 Å². The van der Waals surface area contributed by atoms with Crippen molar-refractivity contribution < 1.29 is 10.0 Å². The number of carbonyl (C=O) groups is 1. The normalized spacial score (nSPS) is 13.2. The molecule has 1 amide bonds. The highest BCUT2D eigenvalue weighted by molar-refractivity contribution is 6.36. The van der Waals surface area contributed by atoms with Crippen LogP contribution in [0.4, 0.5) is 5.69 Å². The second kappa shape index (κ2) is 5.75. The Morgan fingerprint density at radius 3 is 2.95 bits per heavy atom. The molecule has 104 valence electrons. The summed E-state index contributed by atoms with van der Waals surface area (Å²) in [4.78, 5) is 16.2. The summed E-state index contributed by atoms with van der Waals surface area (Å²) in [6.07, 6.45) is 1.61. The minimum atomic E-state index is -0.755. The number of hydrogen-bond acceptors (Lipinski definition) is 4. The number of anilines is 1. The van der Waals surface area contributed by atoms with Crippen molar-refractivity contribution in [3.05, 3.63) is 35.5 Å². The number of halogens is 1. The molecular weight excluding hydrogens is 280 g/mol. The van der Waals surface area contributed by atoms with E-state index in [4.69, 9.17) is 22.5 Å². The van der Waals surface area contributed by atoms with Crippen molar-refractivity contribution in [1.82, 2.24) is 4.98 Å². The number of amidine groups is 1. The predicted molar refractivity (Wildman–Crippen MR) is 78.0 cm³/mol. The van der Waals surface area contributed by atoms with Crippen LogP contribution in [0.3, 0.4) is 0 Å². The van der Waals surface area contributed by atoms with Crippen LogP contribution in [0.25, 0.3) is 10.9 Å². The molecule has 1 aromatic heterocycles. The summed E-state index contributed by atoms with van der Waals surface area (Å²) < 4.78 is 0. The lowest BCUT2D eigenvalue weighted by atomic mass is 10.1. The predicted octanol–water partition coefficient (Wildman–Crippen LogP) is 2.21. The zero-order valence-corrected chi connectivity index (χ0v) is 11.4. The number of rotatable bonds is 3. The Bertz CT molecular complexity index is 687. The molecule has 20 heavy (non-hydrogen) atoms. The van der Waals surface area contributed by atoms with Crippen molar-refractivity contribution in [1.29, 1.82) is 0 Å². The van der Waals surface area contributed by atoms with Crippen LogP contribution in [0.2, 0.25) is 5.02 Å². The SMILES string of the molecule is CC(C(=O)Nc1ccc(Cl)c2cccnc12)/C(N)=N/O. The summed E-state index contributed by atoms with van der Waals surface area (Å²) in [6.45, 7) is 1.54. The zero-order valence-electron chi connectivity index (χ0n) is 10.7. The molecule has 1 unspecified atom stereocenters. The average molecular weight is 293 g/mol. The Kier molecular flexibility index (Phi) is 4.05. The molecule has 1 heterocycles. The first-order valence-electron chi connectivity index (χ1n) is 5.86. The maximum absolute atomic E-state index is 12.0. The van der Waals surface area contributed by atoms with Crippen LogP contribution in [0, 0.1) is 5.92 Å². The summed E-state index contributed by atoms with van der Waals surface area (Å²) in [7, 11) is 0. The van der Waals surface area contributed by atoms with Crippen molar-refractivity contribution in [3.8, 4) is 0 Å². The lowest BCUT2D eigenvalue weighted by Crippen LogP contribution is -2.32. The quantitative estimate of drug-likeness (QED) is 0.349. The molecule has 4 N–H and O–H groups in total. The summed E-state index contributed by atoms with van der Waals surface area (Å²) in [5.74, 6) is -1.31. The molecule has 2 aromatic rings. The van der Waals surface area contributed by atoms with Gasteiger partial charge in [-0.15, -0.1) is 0 Å². The number of nitrogens with zero attached hydrogens (tertiary/aromatic N) is 2. The van der Waals surface area contributed by atoms with Gasteiger partial charge in [0.1, 0.15) is 0 Å². The third kappa shape index (κ3) is 2.65. The second-order valence-corrected chi connectivity index (χ2v) is 4.64. The van der Waals surface area contributed by atoms with E-state index in [0.29, 0.717) is 16.2 Å². The van der Waals surface area contributed by atoms with Gasteiger partial charge in [-0.1, -0.05) is 16.8 Å². The van der Waals surface area contributed by atoms with E-state index in [2.05, 4.69) is 15.5 Å². The molecule has 7 heteroatoms. The lowest BCUT2D eigenvalue weighted by Gasteiger charge is -2.12. The molecule has 0 radical (unpaired) electrons. The van der Waals surface area contributed by atoms with E-state index in [1.54, 1.807) is 24.4 Å². The number of pyridine rings is 1. The van der Waals surface area contributed by atoms with E-state index in [9.17, 15) is 4.79 Å². The Labute approximate surface area is 120 Å². The fourth-order valence-electron chi connectivity index (χ4n) is 1.70. The molecule has 0 aliphatic heterocycles. The van der Waals surface area contributed by atoms with Crippen LogP contribution >= 0.6 is 11.6 Å². The molecule has 0 bridgehead atoms. The smallest absolute Gasteiger partial charge is 0.234 e. The molecule has 2 rings (SSSR count). The van der Waals surface area contributed by atoms with Crippen molar-refractivity contribution in [2.45, 2.75) is 6.92 Å². The van der Waals surface area contributed by atoms with Gasteiger partial charge in [0, 0.05) is 11.6 Å². The van der Waals surface area contributed by atoms with Gasteiger partial charge in [-0.25, -0.2) is 0 Å². The third-order valence-electron chi connectivity index (χ3n) is 2.93. The molecule has 1 atom stereocenters. The Morgan fingerprint density at radius 2 is 2.25 bits per heavy atom. The van der Waals surface area contributed by atoms with Gasteiger partial charge in [-0.3, -0.25) is 9.78 Å². The molecule has 6 nitrogen and oxygen atoms in total. The third-order valence-corrected chi connectivity index (χ3v) is 3.26. The van der Waals surface area contributed by atoms with E-state index in [-0.39, 0.29) is 5.84 Å². The summed E-state index contributed by atoms with van der Waals surface area (Å²) in [5, 5.41) is 15.4. The highest BCUT2D eigenvalue weighted by Gasteiger charge is 2.19. The van der Waals surface area contributed by atoms with Crippen molar-refractivity contribution in [2.24, 2.45) is 16.8 Å². The van der Waals surface area contributed by atoms with Crippen LogP contribution in [0.1, 0.15) is 6.92 Å². The maximum Gasteiger partial charge on any atom is 0.234 e. The standard InChI is InChI=1S/C13H13ClN4O2/c1-7(12(15)18-20)13(19)17-10-5-4-9(14)8-3-2-6-16-11(8)10/h2-7,20H,1H3,(H2,15,18)(H,17,19). The van der Waals surface area contributed by atoms with Crippen molar-refractivity contribution in [2.75, 3.05) is 5.32 Å². The number of aromatic nitrogens is 1. The number of carbonyl (C=O) groups excluding carboxylic acids is 1. The molecule has 0 saturated carbocycles. The van der Waals surface area contributed by atoms with Crippen molar-refractivity contribution in [3.63, 3.8) is 0 Å². The van der Waals surface area contributed by atoms with Crippen LogP contribution in [0.15, 0.2) is 35.6 Å². The molecular formula is C13H13ClN4O2. The number of amides is 1. The molecule has 0 aliphatic carbocycles.